The number of hydrogen-bond acceptors (Lipinski definition) is 6. The van der Waals surface area contributed by atoms with Crippen molar-refractivity contribution in [2.24, 2.45) is 5.73 Å². The maximum atomic E-state index is 11.3. The van der Waals surface area contributed by atoms with Crippen LogP contribution in [0.3, 0.4) is 0 Å². The van der Waals surface area contributed by atoms with E-state index in [1.54, 1.807) is 20.8 Å². The second-order valence-corrected chi connectivity index (χ2v) is 5.61. The van der Waals surface area contributed by atoms with E-state index in [2.05, 4.69) is 4.74 Å². The molecule has 0 radical (unpaired) electrons. The highest BCUT2D eigenvalue weighted by atomic mass is 32.2. The maximum Gasteiger partial charge on any atom is 0.413 e. The van der Waals surface area contributed by atoms with E-state index in [4.69, 9.17) is 10.8 Å². The van der Waals surface area contributed by atoms with Gasteiger partial charge < -0.3 is 15.6 Å². The SMILES string of the molecule is CCOC(=O)NC(=O)CSC(C)(C)[C@@H](N)C(=O)O. The van der Waals surface area contributed by atoms with Crippen molar-refractivity contribution in [3.05, 3.63) is 0 Å². The number of carboxylic acid groups (broad SMARTS) is 1. The molecule has 0 aliphatic carbocycles. The lowest BCUT2D eigenvalue weighted by Gasteiger charge is -2.27. The molecule has 0 rings (SSSR count). The number of rotatable bonds is 6. The number of ether oxygens (including phenoxy) is 1. The minimum absolute atomic E-state index is 0.0766. The van der Waals surface area contributed by atoms with Crippen LogP contribution in [0.25, 0.3) is 0 Å². The molecule has 0 bridgehead atoms. The van der Waals surface area contributed by atoms with Gasteiger partial charge >= 0.3 is 12.1 Å². The molecule has 18 heavy (non-hydrogen) atoms. The molecule has 0 aromatic rings. The summed E-state index contributed by atoms with van der Waals surface area (Å²) in [6.07, 6.45) is -0.816. The number of alkyl carbamates (subject to hydrolysis) is 1. The zero-order chi connectivity index (χ0) is 14.3. The molecule has 7 nitrogen and oxygen atoms in total. The van der Waals surface area contributed by atoms with Crippen molar-refractivity contribution in [1.82, 2.24) is 5.32 Å². The molecular weight excluding hydrogens is 260 g/mol. The van der Waals surface area contributed by atoms with Gasteiger partial charge in [0.05, 0.1) is 12.4 Å². The van der Waals surface area contributed by atoms with Crippen LogP contribution in [0.5, 0.6) is 0 Å². The Kier molecular flexibility index (Phi) is 6.71. The Morgan fingerprint density at radius 3 is 2.44 bits per heavy atom. The van der Waals surface area contributed by atoms with Crippen molar-refractivity contribution >= 4 is 29.7 Å². The first-order valence-electron chi connectivity index (χ1n) is 5.29. The average molecular weight is 278 g/mol. The molecule has 1 atom stereocenters. The molecule has 0 aromatic heterocycles. The fourth-order valence-corrected chi connectivity index (χ4v) is 1.81. The second kappa shape index (κ2) is 7.22. The van der Waals surface area contributed by atoms with Crippen LogP contribution >= 0.6 is 11.8 Å². The first-order chi connectivity index (χ1) is 8.20. The molecular formula is C10H18N2O5S. The highest BCUT2D eigenvalue weighted by molar-refractivity contribution is 8.01. The van der Waals surface area contributed by atoms with E-state index in [0.29, 0.717) is 0 Å². The van der Waals surface area contributed by atoms with E-state index in [-0.39, 0.29) is 12.4 Å². The van der Waals surface area contributed by atoms with Gasteiger partial charge in [0.25, 0.3) is 0 Å². The van der Waals surface area contributed by atoms with Gasteiger partial charge in [-0.2, -0.15) is 0 Å². The Hall–Kier alpha value is -1.28. The van der Waals surface area contributed by atoms with Crippen molar-refractivity contribution < 1.29 is 24.2 Å². The third-order valence-electron chi connectivity index (χ3n) is 2.11. The maximum absolute atomic E-state index is 11.3. The molecule has 0 unspecified atom stereocenters. The minimum atomic E-state index is -1.14. The van der Waals surface area contributed by atoms with Gasteiger partial charge in [-0.15, -0.1) is 11.8 Å². The molecule has 0 aromatic carbocycles. The molecule has 104 valence electrons. The first-order valence-corrected chi connectivity index (χ1v) is 6.28. The smallest absolute Gasteiger partial charge is 0.413 e. The number of imide groups is 1. The summed E-state index contributed by atoms with van der Waals surface area (Å²) in [5.74, 6) is -1.77. The van der Waals surface area contributed by atoms with Crippen molar-refractivity contribution in [2.45, 2.75) is 31.6 Å². The highest BCUT2D eigenvalue weighted by Crippen LogP contribution is 2.27. The monoisotopic (exact) mass is 278 g/mol. The van der Waals surface area contributed by atoms with Gasteiger partial charge in [-0.05, 0) is 20.8 Å². The largest absolute Gasteiger partial charge is 0.480 e. The number of thioether (sulfide) groups is 1. The zero-order valence-electron chi connectivity index (χ0n) is 10.6. The van der Waals surface area contributed by atoms with Gasteiger partial charge in [-0.3, -0.25) is 14.9 Å². The summed E-state index contributed by atoms with van der Waals surface area (Å²) in [5.41, 5.74) is 5.49. The van der Waals surface area contributed by atoms with Crippen LogP contribution < -0.4 is 11.1 Å². The number of nitrogens with two attached hydrogens (primary N) is 1. The molecule has 0 heterocycles. The Balaban J connectivity index is 4.19. The van der Waals surface area contributed by atoms with Gasteiger partial charge in [0.2, 0.25) is 5.91 Å². The summed E-state index contributed by atoms with van der Waals surface area (Å²) in [7, 11) is 0. The standard InChI is InChI=1S/C10H18N2O5S/c1-4-17-9(16)12-6(13)5-18-10(2,3)7(11)8(14)15/h7H,4-5,11H2,1-3H3,(H,14,15)(H,12,13,16)/t7-/m0/s1. The summed E-state index contributed by atoms with van der Waals surface area (Å²) in [6.45, 7) is 5.03. The van der Waals surface area contributed by atoms with Crippen molar-refractivity contribution in [1.29, 1.82) is 0 Å². The lowest BCUT2D eigenvalue weighted by atomic mass is 10.1. The number of nitrogens with one attached hydrogen (secondary N) is 1. The fourth-order valence-electron chi connectivity index (χ4n) is 0.956. The number of hydrogen-bond donors (Lipinski definition) is 3. The van der Waals surface area contributed by atoms with Crippen molar-refractivity contribution in [3.63, 3.8) is 0 Å². The van der Waals surface area contributed by atoms with Crippen LogP contribution in [0.15, 0.2) is 0 Å². The molecule has 0 saturated heterocycles. The Labute approximate surface area is 109 Å². The van der Waals surface area contributed by atoms with E-state index >= 15 is 0 Å². The third kappa shape index (κ3) is 5.87. The van der Waals surface area contributed by atoms with Crippen LogP contribution in [0.4, 0.5) is 4.79 Å². The molecule has 2 amide bonds. The molecule has 0 fully saturated rings. The summed E-state index contributed by atoms with van der Waals surface area (Å²) in [5, 5.41) is 10.8. The minimum Gasteiger partial charge on any atom is -0.480 e. The van der Waals surface area contributed by atoms with Crippen molar-refractivity contribution in [2.75, 3.05) is 12.4 Å². The molecule has 0 saturated carbocycles. The lowest BCUT2D eigenvalue weighted by molar-refractivity contribution is -0.139. The van der Waals surface area contributed by atoms with Crippen LogP contribution in [0, 0.1) is 0 Å². The van der Waals surface area contributed by atoms with Crippen molar-refractivity contribution in [3.8, 4) is 0 Å². The van der Waals surface area contributed by atoms with E-state index in [1.165, 1.54) is 0 Å². The Morgan fingerprint density at radius 1 is 1.44 bits per heavy atom. The Bertz CT molecular complexity index is 332. The summed E-state index contributed by atoms with van der Waals surface area (Å²) in [4.78, 5) is 33.0. The summed E-state index contributed by atoms with van der Waals surface area (Å²) < 4.78 is 3.71. The zero-order valence-corrected chi connectivity index (χ0v) is 11.4. The van der Waals surface area contributed by atoms with Gasteiger partial charge in [-0.25, -0.2) is 4.79 Å². The van der Waals surface area contributed by atoms with Gasteiger partial charge in [0.15, 0.2) is 0 Å². The number of carboxylic acids is 1. The summed E-state index contributed by atoms with van der Waals surface area (Å²) in [6, 6.07) is -1.10. The first kappa shape index (κ1) is 16.7. The lowest BCUT2D eigenvalue weighted by Crippen LogP contribution is -2.47. The van der Waals surface area contributed by atoms with Gasteiger partial charge in [0, 0.05) is 4.75 Å². The predicted octanol–water partition coefficient (Wildman–Crippen LogP) is 0.183. The number of amides is 2. The number of carbonyl (C=O) groups is 3. The third-order valence-corrected chi connectivity index (χ3v) is 3.51. The van der Waals surface area contributed by atoms with Gasteiger partial charge in [0.1, 0.15) is 6.04 Å². The number of carbonyl (C=O) groups excluding carboxylic acids is 2. The average Bonchev–Trinajstić information content (AvgIpc) is 2.25. The molecule has 8 heteroatoms. The van der Waals surface area contributed by atoms with E-state index < -0.39 is 28.8 Å². The summed E-state index contributed by atoms with van der Waals surface area (Å²) >= 11 is 1.06. The normalized spacial score (nSPS) is 12.7. The van der Waals surface area contributed by atoms with Gasteiger partial charge in [-0.1, -0.05) is 0 Å². The predicted molar refractivity (Wildman–Crippen MR) is 67.3 cm³/mol. The van der Waals surface area contributed by atoms with Crippen LogP contribution in [0.1, 0.15) is 20.8 Å². The fraction of sp³-hybridized carbons (Fsp3) is 0.700. The van der Waals surface area contributed by atoms with Crippen LogP contribution in [-0.2, 0) is 14.3 Å². The van der Waals surface area contributed by atoms with E-state index in [9.17, 15) is 14.4 Å². The highest BCUT2D eigenvalue weighted by Gasteiger charge is 2.33. The molecule has 0 aliphatic rings. The topological polar surface area (TPSA) is 119 Å². The Morgan fingerprint density at radius 2 is 2.00 bits per heavy atom. The molecule has 0 aliphatic heterocycles. The number of aliphatic carboxylic acids is 1. The van der Waals surface area contributed by atoms with Crippen LogP contribution in [0.2, 0.25) is 0 Å². The molecule has 0 spiro atoms. The second-order valence-electron chi connectivity index (χ2n) is 3.98. The van der Waals surface area contributed by atoms with E-state index in [1.807, 2.05) is 5.32 Å². The quantitative estimate of drug-likeness (QED) is 0.634. The van der Waals surface area contributed by atoms with E-state index in [0.717, 1.165) is 11.8 Å². The van der Waals surface area contributed by atoms with Crippen LogP contribution in [-0.4, -0.2) is 46.2 Å². The molecule has 4 N–H and O–H groups in total.